The van der Waals surface area contributed by atoms with Crippen LogP contribution in [0.25, 0.3) is 0 Å². The van der Waals surface area contributed by atoms with Crippen molar-refractivity contribution in [2.75, 3.05) is 20.1 Å². The lowest BCUT2D eigenvalue weighted by atomic mass is 9.75. The van der Waals surface area contributed by atoms with Gasteiger partial charge in [-0.15, -0.1) is 0 Å². The molecule has 2 unspecified atom stereocenters. The van der Waals surface area contributed by atoms with Crippen molar-refractivity contribution in [1.82, 2.24) is 4.90 Å². The lowest BCUT2D eigenvalue weighted by molar-refractivity contribution is -0.0354. The molecule has 2 aliphatic rings. The van der Waals surface area contributed by atoms with Crippen LogP contribution in [0, 0.1) is 0 Å². The summed E-state index contributed by atoms with van der Waals surface area (Å²) < 4.78 is 0. The maximum atomic E-state index is 10.9. The third-order valence-corrected chi connectivity index (χ3v) is 4.87. The normalized spacial score (nSPS) is 32.0. The van der Waals surface area contributed by atoms with Crippen molar-refractivity contribution in [3.63, 3.8) is 0 Å². The predicted octanol–water partition coefficient (Wildman–Crippen LogP) is 2.95. The fourth-order valence-corrected chi connectivity index (χ4v) is 4.03. The van der Waals surface area contributed by atoms with Crippen molar-refractivity contribution in [2.45, 2.75) is 50.0 Å². The van der Waals surface area contributed by atoms with Gasteiger partial charge in [0.25, 0.3) is 0 Å². The van der Waals surface area contributed by atoms with Crippen LogP contribution in [0.4, 0.5) is 0 Å². The molecule has 1 saturated heterocycles. The SMILES string of the molecule is CN1CCCC(O)(CC2CCCc3ccccc32)C1. The highest BCUT2D eigenvalue weighted by molar-refractivity contribution is 5.32. The van der Waals surface area contributed by atoms with E-state index in [1.165, 1.54) is 30.4 Å². The lowest BCUT2D eigenvalue weighted by Gasteiger charge is -2.40. The topological polar surface area (TPSA) is 23.5 Å². The van der Waals surface area contributed by atoms with Crippen LogP contribution in [0.2, 0.25) is 0 Å². The van der Waals surface area contributed by atoms with Crippen molar-refractivity contribution in [3.8, 4) is 0 Å². The second-order valence-corrected chi connectivity index (χ2v) is 6.56. The fourth-order valence-electron chi connectivity index (χ4n) is 4.03. The number of nitrogens with zero attached hydrogens (tertiary/aromatic N) is 1. The van der Waals surface area contributed by atoms with Crippen molar-refractivity contribution < 1.29 is 5.11 Å². The molecule has 0 saturated carbocycles. The van der Waals surface area contributed by atoms with Gasteiger partial charge in [0.2, 0.25) is 0 Å². The van der Waals surface area contributed by atoms with Gasteiger partial charge in [-0.3, -0.25) is 0 Å². The zero-order chi connectivity index (χ0) is 13.3. The number of aliphatic hydroxyl groups is 1. The van der Waals surface area contributed by atoms with Gasteiger partial charge < -0.3 is 10.0 Å². The second-order valence-electron chi connectivity index (χ2n) is 6.56. The number of benzene rings is 1. The summed E-state index contributed by atoms with van der Waals surface area (Å²) in [6.45, 7) is 1.97. The number of piperidine rings is 1. The van der Waals surface area contributed by atoms with Crippen molar-refractivity contribution in [1.29, 1.82) is 0 Å². The molecule has 0 spiro atoms. The van der Waals surface area contributed by atoms with E-state index in [0.717, 1.165) is 32.4 Å². The van der Waals surface area contributed by atoms with E-state index in [4.69, 9.17) is 0 Å². The summed E-state index contributed by atoms with van der Waals surface area (Å²) in [4.78, 5) is 2.28. The first kappa shape index (κ1) is 13.1. The van der Waals surface area contributed by atoms with E-state index in [2.05, 4.69) is 36.2 Å². The fraction of sp³-hybridized carbons (Fsp3) is 0.647. The van der Waals surface area contributed by atoms with Gasteiger partial charge in [-0.25, -0.2) is 0 Å². The summed E-state index contributed by atoms with van der Waals surface area (Å²) in [6, 6.07) is 8.83. The Morgan fingerprint density at radius 1 is 1.32 bits per heavy atom. The molecule has 1 heterocycles. The summed E-state index contributed by atoms with van der Waals surface area (Å²) in [5.41, 5.74) is 2.53. The average Bonchev–Trinajstić information content (AvgIpc) is 2.38. The van der Waals surface area contributed by atoms with Crippen LogP contribution in [0.15, 0.2) is 24.3 Å². The first-order valence-electron chi connectivity index (χ1n) is 7.65. The first-order valence-corrected chi connectivity index (χ1v) is 7.65. The van der Waals surface area contributed by atoms with Gasteiger partial charge in [-0.05, 0) is 69.2 Å². The number of hydrogen-bond donors (Lipinski definition) is 1. The monoisotopic (exact) mass is 259 g/mol. The molecule has 0 radical (unpaired) electrons. The summed E-state index contributed by atoms with van der Waals surface area (Å²) in [5.74, 6) is 0.557. The number of aryl methyl sites for hydroxylation is 1. The zero-order valence-corrected chi connectivity index (χ0v) is 11.9. The van der Waals surface area contributed by atoms with E-state index >= 15 is 0 Å². The molecule has 2 atom stereocenters. The van der Waals surface area contributed by atoms with Gasteiger partial charge in [0.15, 0.2) is 0 Å². The predicted molar refractivity (Wildman–Crippen MR) is 78.4 cm³/mol. The highest BCUT2D eigenvalue weighted by atomic mass is 16.3. The van der Waals surface area contributed by atoms with Gasteiger partial charge in [0, 0.05) is 6.54 Å². The first-order chi connectivity index (χ1) is 9.16. The summed E-state index contributed by atoms with van der Waals surface area (Å²) in [5, 5.41) is 10.9. The number of rotatable bonds is 2. The van der Waals surface area contributed by atoms with Crippen molar-refractivity contribution in [2.24, 2.45) is 0 Å². The van der Waals surface area contributed by atoms with E-state index in [0.29, 0.717) is 5.92 Å². The van der Waals surface area contributed by atoms with Gasteiger partial charge in [0.05, 0.1) is 5.60 Å². The number of β-amino-alcohol motifs (C(OH)–C–C–N with tert-alkyl or cyclic N) is 1. The molecule has 1 aliphatic heterocycles. The third-order valence-electron chi connectivity index (χ3n) is 4.87. The number of likely N-dealkylation sites (tertiary alicyclic amines) is 1. The van der Waals surface area contributed by atoms with Crippen LogP contribution in [0.5, 0.6) is 0 Å². The van der Waals surface area contributed by atoms with E-state index in [1.807, 2.05) is 0 Å². The van der Waals surface area contributed by atoms with Crippen LogP contribution >= 0.6 is 0 Å². The molecule has 19 heavy (non-hydrogen) atoms. The van der Waals surface area contributed by atoms with E-state index < -0.39 is 5.60 Å². The molecule has 0 aromatic heterocycles. The number of fused-ring (bicyclic) bond motifs is 1. The Labute approximate surface area is 116 Å². The Balaban J connectivity index is 1.77. The number of hydrogen-bond acceptors (Lipinski definition) is 2. The highest BCUT2D eigenvalue weighted by Gasteiger charge is 2.35. The Kier molecular flexibility index (Phi) is 3.64. The summed E-state index contributed by atoms with van der Waals surface area (Å²) >= 11 is 0. The Hall–Kier alpha value is -0.860. The summed E-state index contributed by atoms with van der Waals surface area (Å²) in [7, 11) is 2.12. The minimum atomic E-state index is -0.470. The maximum absolute atomic E-state index is 10.9. The molecule has 3 rings (SSSR count). The Morgan fingerprint density at radius 3 is 3.00 bits per heavy atom. The largest absolute Gasteiger partial charge is 0.389 e. The standard InChI is InChI=1S/C17H25NO/c1-18-11-5-10-17(19,13-18)12-15-8-4-7-14-6-2-3-9-16(14)15/h2-3,6,9,15,19H,4-5,7-8,10-13H2,1H3. The van der Waals surface area contributed by atoms with Gasteiger partial charge >= 0.3 is 0 Å². The van der Waals surface area contributed by atoms with Gasteiger partial charge in [-0.1, -0.05) is 24.3 Å². The van der Waals surface area contributed by atoms with Gasteiger partial charge in [0.1, 0.15) is 0 Å². The molecular formula is C17H25NO. The molecule has 1 aliphatic carbocycles. The molecule has 2 heteroatoms. The average molecular weight is 259 g/mol. The molecule has 0 bridgehead atoms. The van der Waals surface area contributed by atoms with Crippen molar-refractivity contribution >= 4 is 0 Å². The lowest BCUT2D eigenvalue weighted by Crippen LogP contribution is -2.47. The minimum absolute atomic E-state index is 0.470. The smallest absolute Gasteiger partial charge is 0.0780 e. The molecule has 1 N–H and O–H groups in total. The molecule has 1 aromatic carbocycles. The van der Waals surface area contributed by atoms with E-state index in [1.54, 1.807) is 0 Å². The van der Waals surface area contributed by atoms with Crippen LogP contribution < -0.4 is 0 Å². The summed E-state index contributed by atoms with van der Waals surface area (Å²) in [6.07, 6.45) is 6.76. The Morgan fingerprint density at radius 2 is 2.16 bits per heavy atom. The molecule has 2 nitrogen and oxygen atoms in total. The molecular weight excluding hydrogens is 234 g/mol. The quantitative estimate of drug-likeness (QED) is 0.882. The third kappa shape index (κ3) is 2.85. The molecule has 104 valence electrons. The van der Waals surface area contributed by atoms with Crippen LogP contribution in [-0.2, 0) is 6.42 Å². The molecule has 0 amide bonds. The van der Waals surface area contributed by atoms with Crippen LogP contribution in [0.1, 0.15) is 49.1 Å². The molecule has 1 aromatic rings. The highest BCUT2D eigenvalue weighted by Crippen LogP contribution is 2.39. The molecule has 1 fully saturated rings. The zero-order valence-electron chi connectivity index (χ0n) is 11.9. The maximum Gasteiger partial charge on any atom is 0.0780 e. The number of likely N-dealkylation sites (N-methyl/N-ethyl adjacent to an activating group) is 1. The second kappa shape index (κ2) is 5.26. The minimum Gasteiger partial charge on any atom is -0.389 e. The van der Waals surface area contributed by atoms with E-state index in [9.17, 15) is 5.11 Å². The van der Waals surface area contributed by atoms with Gasteiger partial charge in [-0.2, -0.15) is 0 Å². The van der Waals surface area contributed by atoms with Crippen molar-refractivity contribution in [3.05, 3.63) is 35.4 Å². The van der Waals surface area contributed by atoms with E-state index in [-0.39, 0.29) is 0 Å². The Bertz CT molecular complexity index is 445. The van der Waals surface area contributed by atoms with Crippen LogP contribution in [0.3, 0.4) is 0 Å². The van der Waals surface area contributed by atoms with Crippen LogP contribution in [-0.4, -0.2) is 35.7 Å².